The van der Waals surface area contributed by atoms with Crippen molar-refractivity contribution in [1.82, 2.24) is 25.5 Å². The minimum Gasteiger partial charge on any atom is -0.481 e. The molecule has 0 unspecified atom stereocenters. The van der Waals surface area contributed by atoms with Crippen molar-refractivity contribution >= 4 is 35.0 Å². The van der Waals surface area contributed by atoms with Gasteiger partial charge in [-0.05, 0) is 29.1 Å². The second-order valence-corrected chi connectivity index (χ2v) is 6.11. The van der Waals surface area contributed by atoms with Crippen LogP contribution < -0.4 is 5.32 Å². The number of tetrazole rings is 1. The molecule has 0 bridgehead atoms. The van der Waals surface area contributed by atoms with Gasteiger partial charge < -0.3 is 10.4 Å². The zero-order valence-corrected chi connectivity index (χ0v) is 15.1. The zero-order valence-electron chi connectivity index (χ0n) is 14.3. The molecule has 2 N–H and O–H groups in total. The van der Waals surface area contributed by atoms with Crippen LogP contribution >= 0.6 is 11.8 Å². The van der Waals surface area contributed by atoms with Gasteiger partial charge in [0, 0.05) is 25.2 Å². The number of nitro benzene ring substituents is 2. The number of aryl methyl sites for hydroxylation is 1. The van der Waals surface area contributed by atoms with Crippen LogP contribution in [-0.2, 0) is 11.3 Å². The highest BCUT2D eigenvalue weighted by molar-refractivity contribution is 7.99. The van der Waals surface area contributed by atoms with Gasteiger partial charge in [-0.25, -0.2) is 4.68 Å². The third kappa shape index (κ3) is 4.76. The number of carboxylic acid groups (broad SMARTS) is 1. The van der Waals surface area contributed by atoms with E-state index < -0.39 is 33.1 Å². The van der Waals surface area contributed by atoms with Crippen molar-refractivity contribution in [2.75, 3.05) is 6.54 Å². The van der Waals surface area contributed by atoms with Crippen LogP contribution in [0.4, 0.5) is 11.4 Å². The summed E-state index contributed by atoms with van der Waals surface area (Å²) in [7, 11) is 0. The summed E-state index contributed by atoms with van der Waals surface area (Å²) in [4.78, 5) is 43.5. The number of hydrogen-bond acceptors (Lipinski definition) is 10. The number of nitrogens with zero attached hydrogens (tertiary/aromatic N) is 6. The highest BCUT2D eigenvalue weighted by atomic mass is 32.2. The number of nitrogens with one attached hydrogen (secondary N) is 1. The minimum atomic E-state index is -1.15. The fourth-order valence-corrected chi connectivity index (χ4v) is 3.06. The van der Waals surface area contributed by atoms with E-state index >= 15 is 0 Å². The first-order valence-electron chi connectivity index (χ1n) is 7.65. The lowest BCUT2D eigenvalue weighted by atomic mass is 10.1. The van der Waals surface area contributed by atoms with Crippen molar-refractivity contribution in [1.29, 1.82) is 0 Å². The van der Waals surface area contributed by atoms with E-state index in [2.05, 4.69) is 20.8 Å². The predicted molar refractivity (Wildman–Crippen MR) is 92.0 cm³/mol. The van der Waals surface area contributed by atoms with Crippen molar-refractivity contribution in [3.63, 3.8) is 0 Å². The molecule has 1 heterocycles. The molecule has 1 amide bonds. The van der Waals surface area contributed by atoms with Crippen LogP contribution in [0.2, 0.25) is 0 Å². The number of amides is 1. The van der Waals surface area contributed by atoms with Gasteiger partial charge in [0.05, 0.1) is 21.8 Å². The quantitative estimate of drug-likeness (QED) is 0.438. The van der Waals surface area contributed by atoms with Crippen molar-refractivity contribution < 1.29 is 24.5 Å². The van der Waals surface area contributed by atoms with Crippen molar-refractivity contribution in [3.8, 4) is 0 Å². The van der Waals surface area contributed by atoms with E-state index in [-0.39, 0.29) is 28.6 Å². The highest BCUT2D eigenvalue weighted by Crippen LogP contribution is 2.41. The zero-order chi connectivity index (χ0) is 20.8. The monoisotopic (exact) mass is 411 g/mol. The topological polar surface area (TPSA) is 196 Å². The molecule has 15 heteroatoms. The molecule has 2 aromatic rings. The summed E-state index contributed by atoms with van der Waals surface area (Å²) in [6.45, 7) is 1.81. The molecule has 0 aliphatic carbocycles. The molecule has 0 atom stereocenters. The summed E-state index contributed by atoms with van der Waals surface area (Å²) in [6, 6.07) is 1.76. The average Bonchev–Trinajstić information content (AvgIpc) is 3.08. The summed E-state index contributed by atoms with van der Waals surface area (Å²) in [5.74, 6) is -2.03. The molecule has 0 saturated carbocycles. The first-order valence-corrected chi connectivity index (χ1v) is 8.47. The maximum Gasteiger partial charge on any atom is 0.305 e. The molecular weight excluding hydrogens is 398 g/mol. The molecule has 0 radical (unpaired) electrons. The average molecular weight is 411 g/mol. The third-order valence-electron chi connectivity index (χ3n) is 3.32. The van der Waals surface area contributed by atoms with E-state index in [0.29, 0.717) is 18.3 Å². The Morgan fingerprint density at radius 2 is 1.86 bits per heavy atom. The fourth-order valence-electron chi connectivity index (χ4n) is 2.05. The first kappa shape index (κ1) is 20.7. The van der Waals surface area contributed by atoms with E-state index in [1.54, 1.807) is 6.92 Å². The van der Waals surface area contributed by atoms with Crippen LogP contribution in [0, 0.1) is 20.2 Å². The Hall–Kier alpha value is -3.62. The Bertz CT molecular complexity index is 910. The number of benzene rings is 1. The number of rotatable bonds is 9. The molecule has 14 nitrogen and oxygen atoms in total. The normalized spacial score (nSPS) is 10.5. The molecule has 28 heavy (non-hydrogen) atoms. The van der Waals surface area contributed by atoms with Gasteiger partial charge in [0.2, 0.25) is 5.16 Å². The Morgan fingerprint density at radius 1 is 1.25 bits per heavy atom. The van der Waals surface area contributed by atoms with Gasteiger partial charge in [0.25, 0.3) is 17.3 Å². The minimum absolute atomic E-state index is 0.104. The molecule has 0 aliphatic rings. The summed E-state index contributed by atoms with van der Waals surface area (Å²) in [5, 5.41) is 44.6. The fraction of sp³-hybridized carbons (Fsp3) is 0.308. The van der Waals surface area contributed by atoms with Crippen molar-refractivity contribution in [2.45, 2.75) is 29.9 Å². The number of carboxylic acids is 1. The van der Waals surface area contributed by atoms with Crippen LogP contribution in [0.3, 0.4) is 0 Å². The van der Waals surface area contributed by atoms with E-state index in [4.69, 9.17) is 5.11 Å². The molecular formula is C13H13N7O7S. The lowest BCUT2D eigenvalue weighted by Crippen LogP contribution is -2.26. The Labute approximate surface area is 160 Å². The van der Waals surface area contributed by atoms with Gasteiger partial charge in [-0.2, -0.15) is 0 Å². The van der Waals surface area contributed by atoms with Crippen molar-refractivity contribution in [3.05, 3.63) is 37.9 Å². The first-order chi connectivity index (χ1) is 13.2. The molecule has 2 rings (SSSR count). The third-order valence-corrected chi connectivity index (χ3v) is 4.42. The smallest absolute Gasteiger partial charge is 0.305 e. The standard InChI is InChI=1S/C13H13N7O7S/c1-2-18-13(15-16-17-18)28-11-8(19(24)25)5-7(6-9(11)20(26)27)12(23)14-4-3-10(21)22/h5-6H,2-4H2,1H3,(H,14,23)(H,21,22). The molecule has 0 saturated heterocycles. The maximum atomic E-state index is 12.1. The summed E-state index contributed by atoms with van der Waals surface area (Å²) < 4.78 is 1.30. The van der Waals surface area contributed by atoms with Crippen LogP contribution in [-0.4, -0.2) is 53.6 Å². The SMILES string of the molecule is CCn1nnnc1Sc1c([N+](=O)[O-])cc(C(=O)NCCC(=O)O)cc1[N+](=O)[O-]. The van der Waals surface area contributed by atoms with Crippen LogP contribution in [0.5, 0.6) is 0 Å². The summed E-state index contributed by atoms with van der Waals surface area (Å²) in [6.07, 6.45) is -0.371. The Morgan fingerprint density at radius 3 is 2.36 bits per heavy atom. The number of aliphatic carboxylic acids is 1. The largest absolute Gasteiger partial charge is 0.481 e. The molecule has 1 aromatic carbocycles. The summed E-state index contributed by atoms with van der Waals surface area (Å²) >= 11 is 0.632. The number of hydrogen-bond donors (Lipinski definition) is 2. The van der Waals surface area contributed by atoms with Crippen LogP contribution in [0.25, 0.3) is 0 Å². The number of aromatic nitrogens is 4. The van der Waals surface area contributed by atoms with E-state index in [0.717, 1.165) is 12.1 Å². The number of nitro groups is 2. The molecule has 0 aliphatic heterocycles. The molecule has 0 spiro atoms. The lowest BCUT2D eigenvalue weighted by Gasteiger charge is -2.07. The number of carbonyl (C=O) groups excluding carboxylic acids is 1. The predicted octanol–water partition coefficient (Wildman–Crippen LogP) is 0.865. The lowest BCUT2D eigenvalue weighted by molar-refractivity contribution is -0.399. The molecule has 148 valence electrons. The maximum absolute atomic E-state index is 12.1. The molecule has 1 aromatic heterocycles. The number of carbonyl (C=O) groups is 2. The second kappa shape index (κ2) is 8.85. The second-order valence-electron chi connectivity index (χ2n) is 5.14. The van der Waals surface area contributed by atoms with Gasteiger partial charge in [-0.1, -0.05) is 0 Å². The highest BCUT2D eigenvalue weighted by Gasteiger charge is 2.30. The Kier molecular flexibility index (Phi) is 6.54. The Balaban J connectivity index is 2.47. The van der Waals surface area contributed by atoms with E-state index in [1.165, 1.54) is 4.68 Å². The van der Waals surface area contributed by atoms with Gasteiger partial charge in [-0.15, -0.1) is 5.10 Å². The van der Waals surface area contributed by atoms with Gasteiger partial charge in [0.15, 0.2) is 4.90 Å². The van der Waals surface area contributed by atoms with Gasteiger partial charge >= 0.3 is 5.97 Å². The van der Waals surface area contributed by atoms with Gasteiger partial charge in [-0.3, -0.25) is 29.8 Å². The van der Waals surface area contributed by atoms with Crippen LogP contribution in [0.1, 0.15) is 23.7 Å². The van der Waals surface area contributed by atoms with Gasteiger partial charge in [0.1, 0.15) is 0 Å². The molecule has 0 fully saturated rings. The van der Waals surface area contributed by atoms with Crippen LogP contribution in [0.15, 0.2) is 22.2 Å². The van der Waals surface area contributed by atoms with E-state index in [1.807, 2.05) is 0 Å². The van der Waals surface area contributed by atoms with E-state index in [9.17, 15) is 29.8 Å². The summed E-state index contributed by atoms with van der Waals surface area (Å²) in [5.41, 5.74) is -1.69. The van der Waals surface area contributed by atoms with Crippen molar-refractivity contribution in [2.24, 2.45) is 0 Å².